The summed E-state index contributed by atoms with van der Waals surface area (Å²) in [5, 5.41) is 4.40. The Hall–Kier alpha value is -1.17. The third kappa shape index (κ3) is 4.43. The molecular formula is C18H26N2O2S. The molecule has 0 amide bonds. The van der Waals surface area contributed by atoms with Gasteiger partial charge in [0.05, 0.1) is 22.9 Å². The van der Waals surface area contributed by atoms with Gasteiger partial charge in [0.2, 0.25) is 0 Å². The molecule has 1 aromatic carbocycles. The first-order chi connectivity index (χ1) is 10.8. The second kappa shape index (κ2) is 6.38. The molecule has 5 heteroatoms. The van der Waals surface area contributed by atoms with Crippen molar-refractivity contribution in [3.8, 4) is 5.19 Å². The SMILES string of the molecule is CC1(C)CC(OCCOc2nc3ccccc3s2)CC(C)(C)N1. The summed E-state index contributed by atoms with van der Waals surface area (Å²) < 4.78 is 13.0. The summed E-state index contributed by atoms with van der Waals surface area (Å²) in [7, 11) is 0. The highest BCUT2D eigenvalue weighted by molar-refractivity contribution is 7.20. The minimum Gasteiger partial charge on any atom is -0.468 e. The van der Waals surface area contributed by atoms with Crippen molar-refractivity contribution >= 4 is 21.6 Å². The zero-order valence-corrected chi connectivity index (χ0v) is 15.2. The van der Waals surface area contributed by atoms with Crippen LogP contribution >= 0.6 is 11.3 Å². The van der Waals surface area contributed by atoms with Gasteiger partial charge in [0.15, 0.2) is 0 Å². The van der Waals surface area contributed by atoms with Gasteiger partial charge in [-0.1, -0.05) is 23.5 Å². The van der Waals surface area contributed by atoms with Crippen molar-refractivity contribution in [2.75, 3.05) is 13.2 Å². The Morgan fingerprint density at radius 1 is 1.13 bits per heavy atom. The van der Waals surface area contributed by atoms with E-state index in [4.69, 9.17) is 9.47 Å². The predicted molar refractivity (Wildman–Crippen MR) is 95.4 cm³/mol. The number of hydrogen-bond donors (Lipinski definition) is 1. The van der Waals surface area contributed by atoms with E-state index in [-0.39, 0.29) is 17.2 Å². The van der Waals surface area contributed by atoms with E-state index in [2.05, 4.69) is 44.1 Å². The molecule has 0 aliphatic carbocycles. The maximum absolute atomic E-state index is 6.06. The third-order valence-corrected chi connectivity index (χ3v) is 5.04. The Morgan fingerprint density at radius 3 is 2.52 bits per heavy atom. The summed E-state index contributed by atoms with van der Waals surface area (Å²) in [6.07, 6.45) is 2.33. The van der Waals surface area contributed by atoms with Crippen LogP contribution in [0.3, 0.4) is 0 Å². The summed E-state index contributed by atoms with van der Waals surface area (Å²) in [4.78, 5) is 4.47. The molecule has 126 valence electrons. The monoisotopic (exact) mass is 334 g/mol. The largest absolute Gasteiger partial charge is 0.468 e. The second-order valence-electron chi connectivity index (χ2n) is 7.59. The van der Waals surface area contributed by atoms with E-state index in [0.29, 0.717) is 13.2 Å². The summed E-state index contributed by atoms with van der Waals surface area (Å²) in [5.41, 5.74) is 1.22. The number of nitrogens with zero attached hydrogens (tertiary/aromatic N) is 1. The van der Waals surface area contributed by atoms with Crippen LogP contribution in [0.15, 0.2) is 24.3 Å². The van der Waals surface area contributed by atoms with Crippen molar-refractivity contribution < 1.29 is 9.47 Å². The van der Waals surface area contributed by atoms with Gasteiger partial charge in [0.25, 0.3) is 5.19 Å². The first-order valence-electron chi connectivity index (χ1n) is 8.22. The van der Waals surface area contributed by atoms with E-state index in [1.807, 2.05) is 18.2 Å². The molecule has 2 heterocycles. The third-order valence-electron chi connectivity index (χ3n) is 4.09. The van der Waals surface area contributed by atoms with Gasteiger partial charge in [-0.25, -0.2) is 4.98 Å². The molecule has 1 aromatic heterocycles. The van der Waals surface area contributed by atoms with Crippen LogP contribution in [0.5, 0.6) is 5.19 Å². The van der Waals surface area contributed by atoms with E-state index in [1.165, 1.54) is 0 Å². The lowest BCUT2D eigenvalue weighted by Gasteiger charge is -2.46. The van der Waals surface area contributed by atoms with Crippen LogP contribution in [0.25, 0.3) is 10.2 Å². The Balaban J connectivity index is 1.47. The highest BCUT2D eigenvalue weighted by Gasteiger charge is 2.37. The summed E-state index contributed by atoms with van der Waals surface area (Å²) in [6.45, 7) is 10.1. The van der Waals surface area contributed by atoms with E-state index in [9.17, 15) is 0 Å². The lowest BCUT2D eigenvalue weighted by atomic mass is 9.81. The van der Waals surface area contributed by atoms with Gasteiger partial charge < -0.3 is 14.8 Å². The molecule has 1 aliphatic rings. The van der Waals surface area contributed by atoms with E-state index >= 15 is 0 Å². The van der Waals surface area contributed by atoms with Gasteiger partial charge in [-0.15, -0.1) is 0 Å². The van der Waals surface area contributed by atoms with Crippen LogP contribution in [-0.2, 0) is 4.74 Å². The van der Waals surface area contributed by atoms with Crippen molar-refractivity contribution in [1.29, 1.82) is 0 Å². The number of benzene rings is 1. The van der Waals surface area contributed by atoms with Gasteiger partial charge in [-0.3, -0.25) is 0 Å². The number of thiazole rings is 1. The maximum Gasteiger partial charge on any atom is 0.274 e. The minimum absolute atomic E-state index is 0.111. The smallest absolute Gasteiger partial charge is 0.274 e. The number of fused-ring (bicyclic) bond motifs is 1. The van der Waals surface area contributed by atoms with Crippen LogP contribution in [0, 0.1) is 0 Å². The molecule has 0 saturated carbocycles. The van der Waals surface area contributed by atoms with Crippen LogP contribution < -0.4 is 10.1 Å². The molecule has 1 saturated heterocycles. The lowest BCUT2D eigenvalue weighted by molar-refractivity contribution is -0.0305. The van der Waals surface area contributed by atoms with Gasteiger partial charge in [-0.05, 0) is 52.7 Å². The zero-order valence-electron chi connectivity index (χ0n) is 14.4. The minimum atomic E-state index is 0.111. The number of para-hydroxylation sites is 1. The molecule has 0 radical (unpaired) electrons. The fraction of sp³-hybridized carbons (Fsp3) is 0.611. The molecule has 4 nitrogen and oxygen atoms in total. The van der Waals surface area contributed by atoms with Crippen molar-refractivity contribution in [2.24, 2.45) is 0 Å². The molecule has 23 heavy (non-hydrogen) atoms. The molecule has 1 fully saturated rings. The first kappa shape index (κ1) is 16.7. The number of nitrogens with one attached hydrogen (secondary N) is 1. The quantitative estimate of drug-likeness (QED) is 0.839. The van der Waals surface area contributed by atoms with Crippen molar-refractivity contribution in [3.63, 3.8) is 0 Å². The zero-order chi connectivity index (χ0) is 16.5. The summed E-state index contributed by atoms with van der Waals surface area (Å²) >= 11 is 1.58. The number of aromatic nitrogens is 1. The van der Waals surface area contributed by atoms with Gasteiger partial charge in [0, 0.05) is 11.1 Å². The highest BCUT2D eigenvalue weighted by atomic mass is 32.1. The topological polar surface area (TPSA) is 43.4 Å². The van der Waals surface area contributed by atoms with E-state index in [1.54, 1.807) is 11.3 Å². The molecule has 0 spiro atoms. The number of rotatable bonds is 5. The molecular weight excluding hydrogens is 308 g/mol. The Labute approximate surface area is 142 Å². The van der Waals surface area contributed by atoms with Crippen LogP contribution in [0.2, 0.25) is 0 Å². The molecule has 1 aliphatic heterocycles. The summed E-state index contributed by atoms with van der Waals surface area (Å²) in [6, 6.07) is 8.09. The average molecular weight is 334 g/mol. The fourth-order valence-electron chi connectivity index (χ4n) is 3.60. The molecule has 3 rings (SSSR count). The van der Waals surface area contributed by atoms with E-state index < -0.39 is 0 Å². The van der Waals surface area contributed by atoms with Crippen molar-refractivity contribution in [3.05, 3.63) is 24.3 Å². The molecule has 2 aromatic rings. The van der Waals surface area contributed by atoms with Gasteiger partial charge >= 0.3 is 0 Å². The predicted octanol–water partition coefficient (Wildman–Crippen LogP) is 4.00. The van der Waals surface area contributed by atoms with Gasteiger partial charge in [-0.2, -0.15) is 0 Å². The second-order valence-corrected chi connectivity index (χ2v) is 8.58. The molecule has 1 N–H and O–H groups in total. The van der Waals surface area contributed by atoms with Crippen molar-refractivity contribution in [1.82, 2.24) is 10.3 Å². The highest BCUT2D eigenvalue weighted by Crippen LogP contribution is 2.30. The van der Waals surface area contributed by atoms with Crippen LogP contribution in [0.4, 0.5) is 0 Å². The molecule has 0 unspecified atom stereocenters. The number of hydrogen-bond acceptors (Lipinski definition) is 5. The molecule has 0 atom stereocenters. The molecule has 0 bridgehead atoms. The average Bonchev–Trinajstić information content (AvgIpc) is 2.83. The maximum atomic E-state index is 6.06. The Bertz CT molecular complexity index is 617. The first-order valence-corrected chi connectivity index (χ1v) is 9.04. The Kier molecular flexibility index (Phi) is 4.63. The van der Waals surface area contributed by atoms with Crippen LogP contribution in [0.1, 0.15) is 40.5 Å². The van der Waals surface area contributed by atoms with Gasteiger partial charge in [0.1, 0.15) is 6.61 Å². The fourth-order valence-corrected chi connectivity index (χ4v) is 4.44. The normalized spacial score (nSPS) is 20.7. The van der Waals surface area contributed by atoms with Crippen molar-refractivity contribution in [2.45, 2.75) is 57.7 Å². The number of ether oxygens (including phenoxy) is 2. The summed E-state index contributed by atoms with van der Waals surface area (Å²) in [5.74, 6) is 0. The van der Waals surface area contributed by atoms with Crippen LogP contribution in [-0.4, -0.2) is 35.4 Å². The number of piperidine rings is 1. The lowest BCUT2D eigenvalue weighted by Crippen LogP contribution is -2.59. The standard InChI is InChI=1S/C18H26N2O2S/c1-17(2)11-13(12-18(3,4)20-17)21-9-10-22-16-19-14-7-5-6-8-15(14)23-16/h5-8,13,20H,9-12H2,1-4H3. The van der Waals surface area contributed by atoms with E-state index in [0.717, 1.165) is 28.3 Å². The Morgan fingerprint density at radius 2 is 1.83 bits per heavy atom.